The molecule has 7 nitrogen and oxygen atoms in total. The number of rotatable bonds is 7. The van der Waals surface area contributed by atoms with Crippen LogP contribution in [-0.4, -0.2) is 47.1 Å². The minimum atomic E-state index is -4.77. The molecule has 2 atom stereocenters. The Hall–Kier alpha value is -3.99. The van der Waals surface area contributed by atoms with Crippen molar-refractivity contribution in [2.24, 2.45) is 0 Å². The number of likely N-dealkylation sites (N-methyl/N-ethyl adjacent to an activating group) is 1. The Bertz CT molecular complexity index is 1780. The lowest BCUT2D eigenvalue weighted by Crippen LogP contribution is -2.40. The van der Waals surface area contributed by atoms with E-state index in [1.807, 2.05) is 19.9 Å². The van der Waals surface area contributed by atoms with Crippen molar-refractivity contribution in [2.45, 2.75) is 102 Å². The summed E-state index contributed by atoms with van der Waals surface area (Å²) in [5.41, 5.74) is 3.33. The molecule has 0 radical (unpaired) electrons. The molecule has 2 aliphatic rings. The number of alkyl halides is 3. The molecule has 264 valence electrons. The van der Waals surface area contributed by atoms with Gasteiger partial charge in [-0.3, -0.25) is 14.4 Å². The van der Waals surface area contributed by atoms with Gasteiger partial charge in [-0.05, 0) is 118 Å². The number of hydrogen-bond donors (Lipinski definition) is 2. The van der Waals surface area contributed by atoms with Crippen molar-refractivity contribution < 1.29 is 32.3 Å². The lowest BCUT2D eigenvalue weighted by Gasteiger charge is -2.26. The zero-order chi connectivity index (χ0) is 35.6. The minimum Gasteiger partial charge on any atom is -0.481 e. The van der Waals surface area contributed by atoms with Crippen LogP contribution in [0.25, 0.3) is 11.1 Å². The second kappa shape index (κ2) is 14.9. The molecule has 1 aliphatic carbocycles. The second-order valence-corrected chi connectivity index (χ2v) is 14.0. The highest BCUT2D eigenvalue weighted by molar-refractivity contribution is 5.82. The van der Waals surface area contributed by atoms with Crippen LogP contribution in [0.3, 0.4) is 0 Å². The van der Waals surface area contributed by atoms with Gasteiger partial charge >= 0.3 is 12.1 Å². The first-order valence-corrected chi connectivity index (χ1v) is 17.1. The first kappa shape index (κ1) is 36.3. The highest BCUT2D eigenvalue weighted by Crippen LogP contribution is 2.45. The van der Waals surface area contributed by atoms with Crippen LogP contribution in [0.1, 0.15) is 108 Å². The standard InChI is InChI=1S/C38H45F4N3O4/c1-22-15-23(2)35-25(16-22)9-7-5-6-8-10-32(45-21-26(13-14-44(3)4)30(19-33(45)46)38(40,41)42)37(49)43-31(20-34(47)48)29-18-27(35)17-28(36(29)39)24-11-12-24/h15-19,21,24,31-32H,5-14,20H2,1-4H3,(H,43,49)(H,47,48)/t31-,32-/m0/s1. The number of nitrogens with one attached hydrogen (secondary N) is 1. The number of carboxylic acid groups (broad SMARTS) is 1. The maximum Gasteiger partial charge on any atom is 0.416 e. The highest BCUT2D eigenvalue weighted by atomic mass is 19.4. The number of hydrogen-bond acceptors (Lipinski definition) is 4. The van der Waals surface area contributed by atoms with Crippen LogP contribution >= 0.6 is 0 Å². The van der Waals surface area contributed by atoms with Gasteiger partial charge in [0, 0.05) is 24.4 Å². The van der Waals surface area contributed by atoms with Gasteiger partial charge in [0.25, 0.3) is 5.56 Å². The van der Waals surface area contributed by atoms with Gasteiger partial charge in [0.15, 0.2) is 0 Å². The summed E-state index contributed by atoms with van der Waals surface area (Å²) in [7, 11) is 3.45. The minimum absolute atomic E-state index is 0.0144. The number of fused-ring (bicyclic) bond motifs is 4. The van der Waals surface area contributed by atoms with E-state index in [0.29, 0.717) is 24.5 Å². The van der Waals surface area contributed by atoms with Crippen LogP contribution in [0, 0.1) is 19.7 Å². The first-order valence-electron chi connectivity index (χ1n) is 17.1. The third kappa shape index (κ3) is 8.60. The molecule has 1 saturated carbocycles. The number of amides is 1. The maximum atomic E-state index is 16.4. The number of aliphatic carboxylic acids is 1. The van der Waals surface area contributed by atoms with E-state index in [-0.39, 0.29) is 36.4 Å². The number of carboxylic acids is 1. The molecule has 2 bridgehead atoms. The molecule has 11 heteroatoms. The Morgan fingerprint density at radius 1 is 0.980 bits per heavy atom. The van der Waals surface area contributed by atoms with Crippen LogP contribution in [0.2, 0.25) is 0 Å². The van der Waals surface area contributed by atoms with Gasteiger partial charge in [-0.25, -0.2) is 4.39 Å². The molecule has 0 saturated heterocycles. The summed E-state index contributed by atoms with van der Waals surface area (Å²) < 4.78 is 59.5. The molecular weight excluding hydrogens is 638 g/mol. The van der Waals surface area contributed by atoms with E-state index < -0.39 is 53.5 Å². The lowest BCUT2D eigenvalue weighted by molar-refractivity contribution is -0.139. The monoisotopic (exact) mass is 683 g/mol. The van der Waals surface area contributed by atoms with Crippen molar-refractivity contribution in [2.75, 3.05) is 20.6 Å². The fraction of sp³-hybridized carbons (Fsp3) is 0.500. The largest absolute Gasteiger partial charge is 0.481 e. The molecule has 1 aromatic heterocycles. The Morgan fingerprint density at radius 3 is 2.33 bits per heavy atom. The zero-order valence-corrected chi connectivity index (χ0v) is 28.6. The number of pyridine rings is 1. The Morgan fingerprint density at radius 2 is 1.67 bits per heavy atom. The number of aryl methyl sites for hydroxylation is 3. The number of nitrogens with zero attached hydrogens (tertiary/aromatic N) is 2. The fourth-order valence-electron chi connectivity index (χ4n) is 7.15. The van der Waals surface area contributed by atoms with Crippen LogP contribution in [0.4, 0.5) is 17.6 Å². The molecule has 1 aliphatic heterocycles. The normalized spacial score (nSPS) is 19.2. The van der Waals surface area contributed by atoms with Crippen LogP contribution < -0.4 is 10.9 Å². The van der Waals surface area contributed by atoms with E-state index >= 15 is 4.39 Å². The van der Waals surface area contributed by atoms with Gasteiger partial charge in [0.1, 0.15) is 11.9 Å². The summed E-state index contributed by atoms with van der Waals surface area (Å²) >= 11 is 0. The Labute approximate surface area is 284 Å². The summed E-state index contributed by atoms with van der Waals surface area (Å²) in [6, 6.07) is 5.72. The highest BCUT2D eigenvalue weighted by Gasteiger charge is 2.36. The quantitative estimate of drug-likeness (QED) is 0.250. The van der Waals surface area contributed by atoms with Crippen molar-refractivity contribution in [1.82, 2.24) is 14.8 Å². The predicted molar refractivity (Wildman–Crippen MR) is 180 cm³/mol. The van der Waals surface area contributed by atoms with E-state index in [0.717, 1.165) is 70.7 Å². The van der Waals surface area contributed by atoms with E-state index in [9.17, 15) is 32.7 Å². The molecule has 2 aromatic carbocycles. The van der Waals surface area contributed by atoms with Gasteiger partial charge in [0.2, 0.25) is 5.91 Å². The second-order valence-electron chi connectivity index (χ2n) is 14.0. The first-order chi connectivity index (χ1) is 23.1. The average Bonchev–Trinajstić information content (AvgIpc) is 3.84. The van der Waals surface area contributed by atoms with Crippen molar-refractivity contribution in [3.8, 4) is 11.1 Å². The lowest BCUT2D eigenvalue weighted by atomic mass is 9.86. The number of benzene rings is 2. The van der Waals surface area contributed by atoms with Gasteiger partial charge in [0.05, 0.1) is 18.0 Å². The van der Waals surface area contributed by atoms with Gasteiger partial charge in [-0.1, -0.05) is 37.0 Å². The predicted octanol–water partition coefficient (Wildman–Crippen LogP) is 7.65. The molecule has 1 fully saturated rings. The van der Waals surface area contributed by atoms with Gasteiger partial charge in [-0.15, -0.1) is 0 Å². The molecule has 1 amide bonds. The summed E-state index contributed by atoms with van der Waals surface area (Å²) in [5.74, 6) is -2.59. The van der Waals surface area contributed by atoms with E-state index in [1.165, 1.54) is 0 Å². The van der Waals surface area contributed by atoms with Crippen molar-refractivity contribution in [1.29, 1.82) is 0 Å². The van der Waals surface area contributed by atoms with Gasteiger partial charge in [-0.2, -0.15) is 13.2 Å². The number of carbonyl (C=O) groups excluding carboxylic acids is 1. The molecule has 0 unspecified atom stereocenters. The van der Waals surface area contributed by atoms with Crippen LogP contribution in [0.5, 0.6) is 0 Å². The summed E-state index contributed by atoms with van der Waals surface area (Å²) in [6.07, 6.45) is 1.06. The summed E-state index contributed by atoms with van der Waals surface area (Å²) in [6.45, 7) is 4.32. The maximum absolute atomic E-state index is 16.4. The smallest absolute Gasteiger partial charge is 0.416 e. The SMILES string of the molecule is Cc1cc(C)c2c(c1)CCCCCC[C@H](n1cc(CCN(C)C)c(C(F)(F)F)cc1=O)C(=O)N[C@@H](CC(=O)O)c1cc-2cc(C2CC2)c1F. The fourth-order valence-corrected chi connectivity index (χ4v) is 7.15. The van der Waals surface area contributed by atoms with Crippen molar-refractivity contribution in [3.63, 3.8) is 0 Å². The summed E-state index contributed by atoms with van der Waals surface area (Å²) in [5, 5.41) is 12.7. The molecule has 49 heavy (non-hydrogen) atoms. The Kier molecular flexibility index (Phi) is 11.0. The number of halogens is 4. The zero-order valence-electron chi connectivity index (χ0n) is 28.6. The van der Waals surface area contributed by atoms with Crippen molar-refractivity contribution in [3.05, 3.63) is 91.6 Å². The number of carbonyl (C=O) groups is 2. The van der Waals surface area contributed by atoms with Crippen molar-refractivity contribution >= 4 is 11.9 Å². The molecule has 0 spiro atoms. The van der Waals surface area contributed by atoms with Crippen LogP contribution in [-0.2, 0) is 28.6 Å². The van der Waals surface area contributed by atoms with E-state index in [1.54, 1.807) is 25.1 Å². The third-order valence-corrected chi connectivity index (χ3v) is 9.68. The van der Waals surface area contributed by atoms with Gasteiger partial charge < -0.3 is 19.9 Å². The molecule has 2 N–H and O–H groups in total. The molecular formula is C38H45F4N3O4. The van der Waals surface area contributed by atoms with E-state index in [2.05, 4.69) is 17.4 Å². The molecule has 2 heterocycles. The molecule has 5 rings (SSSR count). The summed E-state index contributed by atoms with van der Waals surface area (Å²) in [4.78, 5) is 41.4. The number of aromatic nitrogens is 1. The van der Waals surface area contributed by atoms with Crippen LogP contribution in [0.15, 0.2) is 41.3 Å². The van der Waals surface area contributed by atoms with E-state index in [4.69, 9.17) is 0 Å². The average molecular weight is 684 g/mol. The molecule has 3 aromatic rings. The third-order valence-electron chi connectivity index (χ3n) is 9.68. The Balaban J connectivity index is 1.65. The topological polar surface area (TPSA) is 91.6 Å².